The van der Waals surface area contributed by atoms with E-state index in [0.717, 1.165) is 0 Å². The Balaban J connectivity index is 1.44. The van der Waals surface area contributed by atoms with Crippen LogP contribution in [0.25, 0.3) is 0 Å². The van der Waals surface area contributed by atoms with Gasteiger partial charge in [-0.05, 0) is 69.0 Å². The molecule has 214 valence electrons. The van der Waals surface area contributed by atoms with Crippen LogP contribution < -0.4 is 15.4 Å². The molecule has 3 fully saturated rings. The first kappa shape index (κ1) is 28.9. The zero-order valence-electron chi connectivity index (χ0n) is 22.1. The molecule has 2 bridgehead atoms. The smallest absolute Gasteiger partial charge is 0.250 e. The Hall–Kier alpha value is -2.66. The molecular weight excluding hydrogens is 602 g/mol. The first-order valence-electron chi connectivity index (χ1n) is 13.6. The van der Waals surface area contributed by atoms with Crippen LogP contribution in [0.5, 0.6) is 5.75 Å². The van der Waals surface area contributed by atoms with Gasteiger partial charge in [-0.25, -0.2) is 0 Å². The molecule has 11 heteroatoms. The number of rotatable bonds is 11. The lowest BCUT2D eigenvalue weighted by molar-refractivity contribution is -0.139. The van der Waals surface area contributed by atoms with Crippen LogP contribution in [0.2, 0.25) is 5.02 Å². The summed E-state index contributed by atoms with van der Waals surface area (Å²) in [5.41, 5.74) is -0.149. The Labute approximate surface area is 246 Å². The third-order valence-electron chi connectivity index (χ3n) is 7.96. The minimum Gasteiger partial charge on any atom is -0.494 e. The highest BCUT2D eigenvalue weighted by Crippen LogP contribution is 2.60. The standard InChI is InChI=1S/C29H33BrClN3O6/c1-2-39-18-12-10-17(11-13-18)32-26(36)22-23-28(38)34(14-6-3-7-15-35)25(29(23)16-19(30)24(22)40-29)27(37)33-21-9-5-4-8-20(21)31/h4-5,8-13,19,22-25,35H,2-3,6-7,14-16H2,1H3,(H,32,36)(H,33,37)/t19?,22-,23-,24-,25?,29?/m0/s1. The van der Waals surface area contributed by atoms with Crippen molar-refractivity contribution in [3.05, 3.63) is 53.6 Å². The number of aliphatic hydroxyl groups excluding tert-OH is 1. The third kappa shape index (κ3) is 5.22. The molecule has 3 unspecified atom stereocenters. The summed E-state index contributed by atoms with van der Waals surface area (Å²) in [6.45, 7) is 2.80. The molecule has 0 aromatic heterocycles. The molecule has 0 radical (unpaired) electrons. The van der Waals surface area contributed by atoms with Crippen LogP contribution in [0.15, 0.2) is 48.5 Å². The number of anilines is 2. The molecule has 0 saturated carbocycles. The molecular formula is C29H33BrClN3O6. The number of alkyl halides is 1. The van der Waals surface area contributed by atoms with Crippen molar-refractivity contribution in [3.63, 3.8) is 0 Å². The van der Waals surface area contributed by atoms with Crippen molar-refractivity contribution in [2.45, 2.75) is 55.2 Å². The van der Waals surface area contributed by atoms with Gasteiger partial charge in [-0.3, -0.25) is 14.4 Å². The zero-order chi connectivity index (χ0) is 28.4. The summed E-state index contributed by atoms with van der Waals surface area (Å²) in [6, 6.07) is 13.0. The number of para-hydroxylation sites is 1. The van der Waals surface area contributed by atoms with Crippen molar-refractivity contribution in [1.82, 2.24) is 4.90 Å². The topological polar surface area (TPSA) is 117 Å². The van der Waals surface area contributed by atoms with Crippen LogP contribution in [0.1, 0.15) is 32.6 Å². The van der Waals surface area contributed by atoms with E-state index >= 15 is 0 Å². The van der Waals surface area contributed by atoms with E-state index < -0.39 is 35.5 Å². The lowest BCUT2D eigenvalue weighted by Crippen LogP contribution is -2.54. The van der Waals surface area contributed by atoms with E-state index in [1.165, 1.54) is 0 Å². The van der Waals surface area contributed by atoms with E-state index in [4.69, 9.17) is 21.1 Å². The largest absolute Gasteiger partial charge is 0.494 e. The zero-order valence-corrected chi connectivity index (χ0v) is 24.5. The molecule has 3 heterocycles. The van der Waals surface area contributed by atoms with Gasteiger partial charge in [-0.1, -0.05) is 39.7 Å². The number of benzene rings is 2. The maximum absolute atomic E-state index is 14.0. The van der Waals surface area contributed by atoms with Gasteiger partial charge in [-0.2, -0.15) is 0 Å². The maximum atomic E-state index is 14.0. The minimum absolute atomic E-state index is 0.0563. The highest BCUT2D eigenvalue weighted by atomic mass is 79.9. The second kappa shape index (κ2) is 12.1. The van der Waals surface area contributed by atoms with E-state index in [1.54, 1.807) is 53.4 Å². The summed E-state index contributed by atoms with van der Waals surface area (Å²) < 4.78 is 12.0. The second-order valence-electron chi connectivity index (χ2n) is 10.4. The molecule has 6 atom stereocenters. The lowest BCUT2D eigenvalue weighted by Gasteiger charge is -2.34. The summed E-state index contributed by atoms with van der Waals surface area (Å²) in [6.07, 6.45) is 1.75. The summed E-state index contributed by atoms with van der Waals surface area (Å²) in [4.78, 5) is 43.0. The number of aliphatic hydroxyl groups is 1. The molecule has 5 rings (SSSR count). The molecule has 1 spiro atoms. The molecule has 2 aromatic carbocycles. The fraction of sp³-hybridized carbons (Fsp3) is 0.483. The number of halogens is 2. The normalized spacial score (nSPS) is 28.4. The van der Waals surface area contributed by atoms with Gasteiger partial charge < -0.3 is 30.1 Å². The van der Waals surface area contributed by atoms with Crippen molar-refractivity contribution < 1.29 is 29.0 Å². The van der Waals surface area contributed by atoms with Gasteiger partial charge in [0.25, 0.3) is 0 Å². The molecule has 2 aromatic rings. The Bertz CT molecular complexity index is 1260. The van der Waals surface area contributed by atoms with Crippen LogP contribution in [-0.2, 0) is 19.1 Å². The molecule has 0 aliphatic carbocycles. The SMILES string of the molecule is CCOc1ccc(NC(=O)[C@H]2[C@H]3C(=O)N(CCCCCO)C(C(=O)Nc4ccccc4Cl)C34CC(Br)[C@@H]2O4)cc1. The lowest BCUT2D eigenvalue weighted by atomic mass is 9.70. The van der Waals surface area contributed by atoms with Crippen molar-refractivity contribution in [3.8, 4) is 5.75 Å². The molecule has 9 nitrogen and oxygen atoms in total. The first-order valence-corrected chi connectivity index (χ1v) is 14.9. The summed E-state index contributed by atoms with van der Waals surface area (Å²) >= 11 is 10.0. The quantitative estimate of drug-likeness (QED) is 0.252. The maximum Gasteiger partial charge on any atom is 0.250 e. The number of ether oxygens (including phenoxy) is 2. The molecule has 3 aliphatic rings. The van der Waals surface area contributed by atoms with Gasteiger partial charge in [0, 0.05) is 23.7 Å². The van der Waals surface area contributed by atoms with Crippen LogP contribution in [0.4, 0.5) is 11.4 Å². The number of nitrogens with one attached hydrogen (secondary N) is 2. The Kier molecular flexibility index (Phi) is 8.70. The number of hydrogen-bond acceptors (Lipinski definition) is 6. The summed E-state index contributed by atoms with van der Waals surface area (Å²) in [7, 11) is 0. The van der Waals surface area contributed by atoms with Gasteiger partial charge in [0.1, 0.15) is 17.4 Å². The number of likely N-dealkylation sites (tertiary alicyclic amines) is 1. The fourth-order valence-electron chi connectivity index (χ4n) is 6.33. The van der Waals surface area contributed by atoms with E-state index in [9.17, 15) is 19.5 Å². The number of amides is 3. The fourth-order valence-corrected chi connectivity index (χ4v) is 7.46. The van der Waals surface area contributed by atoms with Crippen LogP contribution in [0, 0.1) is 11.8 Å². The molecule has 3 aliphatic heterocycles. The average molecular weight is 635 g/mol. The van der Waals surface area contributed by atoms with Crippen molar-refractivity contribution >= 4 is 56.6 Å². The number of carbonyl (C=O) groups is 3. The van der Waals surface area contributed by atoms with Gasteiger partial charge in [0.05, 0.1) is 35.3 Å². The van der Waals surface area contributed by atoms with Crippen LogP contribution in [-0.4, -0.2) is 70.1 Å². The highest BCUT2D eigenvalue weighted by Gasteiger charge is 2.76. The molecule has 3 amide bonds. The highest BCUT2D eigenvalue weighted by molar-refractivity contribution is 9.09. The van der Waals surface area contributed by atoms with E-state index in [-0.39, 0.29) is 23.2 Å². The number of unbranched alkanes of at least 4 members (excludes halogenated alkanes) is 2. The molecule has 3 saturated heterocycles. The van der Waals surface area contributed by atoms with E-state index in [2.05, 4.69) is 26.6 Å². The number of hydrogen-bond donors (Lipinski definition) is 3. The summed E-state index contributed by atoms with van der Waals surface area (Å²) in [5, 5.41) is 15.4. The van der Waals surface area contributed by atoms with Gasteiger partial charge in [0.15, 0.2) is 0 Å². The third-order valence-corrected chi connectivity index (χ3v) is 9.14. The first-order chi connectivity index (χ1) is 19.3. The van der Waals surface area contributed by atoms with E-state index in [1.807, 2.05) is 6.92 Å². The van der Waals surface area contributed by atoms with Gasteiger partial charge in [0.2, 0.25) is 17.7 Å². The van der Waals surface area contributed by atoms with Gasteiger partial charge >= 0.3 is 0 Å². The predicted molar refractivity (Wildman–Crippen MR) is 155 cm³/mol. The predicted octanol–water partition coefficient (Wildman–Crippen LogP) is 4.23. The van der Waals surface area contributed by atoms with Crippen LogP contribution >= 0.6 is 27.5 Å². The minimum atomic E-state index is -1.17. The van der Waals surface area contributed by atoms with E-state index in [0.29, 0.717) is 61.0 Å². The second-order valence-corrected chi connectivity index (χ2v) is 12.0. The van der Waals surface area contributed by atoms with Crippen molar-refractivity contribution in [2.75, 3.05) is 30.4 Å². The van der Waals surface area contributed by atoms with Gasteiger partial charge in [-0.15, -0.1) is 0 Å². The molecule has 3 N–H and O–H groups in total. The Morgan fingerprint density at radius 2 is 1.88 bits per heavy atom. The van der Waals surface area contributed by atoms with Crippen molar-refractivity contribution in [1.29, 1.82) is 0 Å². The Morgan fingerprint density at radius 3 is 2.58 bits per heavy atom. The average Bonchev–Trinajstić information content (AvgIpc) is 3.52. The Morgan fingerprint density at radius 1 is 1.12 bits per heavy atom. The monoisotopic (exact) mass is 633 g/mol. The van der Waals surface area contributed by atoms with Crippen molar-refractivity contribution in [2.24, 2.45) is 11.8 Å². The van der Waals surface area contributed by atoms with Crippen LogP contribution in [0.3, 0.4) is 0 Å². The number of fused-ring (bicyclic) bond motifs is 1. The summed E-state index contributed by atoms with van der Waals surface area (Å²) in [5.74, 6) is -1.90. The number of nitrogens with zero attached hydrogens (tertiary/aromatic N) is 1. The number of carbonyl (C=O) groups excluding carboxylic acids is 3. The molecule has 40 heavy (non-hydrogen) atoms.